The molecule has 26 heavy (non-hydrogen) atoms. The maximum Gasteiger partial charge on any atom is 0.0631 e. The molecule has 1 aliphatic rings. The molecule has 0 unspecified atom stereocenters. The maximum atomic E-state index is 6.03. The molecule has 0 bridgehead atoms. The summed E-state index contributed by atoms with van der Waals surface area (Å²) in [5.74, 6) is 0. The summed E-state index contributed by atoms with van der Waals surface area (Å²) in [5.41, 5.74) is 3.09. The van der Waals surface area contributed by atoms with Gasteiger partial charge < -0.3 is 10.1 Å². The van der Waals surface area contributed by atoms with Gasteiger partial charge in [-0.25, -0.2) is 0 Å². The molecule has 1 saturated heterocycles. The van der Waals surface area contributed by atoms with Crippen LogP contribution in [0.2, 0.25) is 0 Å². The van der Waals surface area contributed by atoms with Gasteiger partial charge in [0.25, 0.3) is 0 Å². The van der Waals surface area contributed by atoms with E-state index in [1.807, 2.05) is 0 Å². The van der Waals surface area contributed by atoms with E-state index in [0.717, 1.165) is 32.4 Å². The van der Waals surface area contributed by atoms with E-state index in [1.54, 1.807) is 0 Å². The minimum atomic E-state index is -0.0297. The highest BCUT2D eigenvalue weighted by Gasteiger charge is 2.40. The fourth-order valence-corrected chi connectivity index (χ4v) is 4.48. The average Bonchev–Trinajstić information content (AvgIpc) is 2.62. The van der Waals surface area contributed by atoms with E-state index in [4.69, 9.17) is 4.74 Å². The van der Waals surface area contributed by atoms with Gasteiger partial charge in [0.2, 0.25) is 0 Å². The second-order valence-corrected chi connectivity index (χ2v) is 8.53. The highest BCUT2D eigenvalue weighted by molar-refractivity contribution is 5.19. The third kappa shape index (κ3) is 5.18. The largest absolute Gasteiger partial charge is 0.376 e. The summed E-state index contributed by atoms with van der Waals surface area (Å²) < 4.78 is 6.03. The van der Waals surface area contributed by atoms with Crippen molar-refractivity contribution in [2.24, 2.45) is 5.41 Å². The summed E-state index contributed by atoms with van der Waals surface area (Å²) >= 11 is 0. The molecular weight excluding hydrogens is 318 g/mol. The highest BCUT2D eigenvalue weighted by Crippen LogP contribution is 2.43. The Bertz CT molecular complexity index is 667. The molecule has 2 aromatic rings. The normalized spacial score (nSPS) is 23.5. The fraction of sp³-hybridized carbons (Fsp3) is 0.500. The van der Waals surface area contributed by atoms with Crippen LogP contribution in [0.3, 0.4) is 0 Å². The van der Waals surface area contributed by atoms with Gasteiger partial charge >= 0.3 is 0 Å². The minimum Gasteiger partial charge on any atom is -0.376 e. The Kier molecular flexibility index (Phi) is 6.16. The van der Waals surface area contributed by atoms with Gasteiger partial charge in [-0.2, -0.15) is 0 Å². The van der Waals surface area contributed by atoms with Gasteiger partial charge in [0, 0.05) is 12.6 Å². The topological polar surface area (TPSA) is 21.3 Å². The first-order chi connectivity index (χ1) is 12.5. The van der Waals surface area contributed by atoms with Gasteiger partial charge in [-0.05, 0) is 69.5 Å². The summed E-state index contributed by atoms with van der Waals surface area (Å²) in [6, 6.07) is 22.1. The van der Waals surface area contributed by atoms with Crippen LogP contribution in [0.1, 0.15) is 57.2 Å². The van der Waals surface area contributed by atoms with Crippen LogP contribution in [0.4, 0.5) is 0 Å². The lowest BCUT2D eigenvalue weighted by Crippen LogP contribution is -2.44. The highest BCUT2D eigenvalue weighted by atomic mass is 16.5. The molecule has 140 valence electrons. The molecule has 0 aromatic heterocycles. The number of hydrogen-bond acceptors (Lipinski definition) is 2. The van der Waals surface area contributed by atoms with E-state index < -0.39 is 0 Å². The molecule has 1 fully saturated rings. The second-order valence-electron chi connectivity index (χ2n) is 8.53. The zero-order valence-electron chi connectivity index (χ0n) is 16.5. The van der Waals surface area contributed by atoms with Gasteiger partial charge in [0.1, 0.15) is 0 Å². The van der Waals surface area contributed by atoms with Crippen LogP contribution in [-0.4, -0.2) is 18.8 Å². The van der Waals surface area contributed by atoms with Crippen LogP contribution in [-0.2, 0) is 11.2 Å². The quantitative estimate of drug-likeness (QED) is 0.706. The van der Waals surface area contributed by atoms with Crippen molar-refractivity contribution in [1.29, 1.82) is 0 Å². The Labute approximate surface area is 159 Å². The number of benzene rings is 2. The van der Waals surface area contributed by atoms with Crippen LogP contribution in [0.5, 0.6) is 0 Å². The lowest BCUT2D eigenvalue weighted by atomic mass is 9.68. The number of ether oxygens (including phenoxy) is 1. The van der Waals surface area contributed by atoms with Gasteiger partial charge in [-0.3, -0.25) is 0 Å². The molecule has 2 nitrogen and oxygen atoms in total. The molecule has 2 aromatic carbocycles. The lowest BCUT2D eigenvalue weighted by molar-refractivity contribution is -0.107. The Morgan fingerprint density at radius 3 is 2.31 bits per heavy atom. The Hall–Kier alpha value is -1.64. The lowest BCUT2D eigenvalue weighted by Gasteiger charge is -2.45. The monoisotopic (exact) mass is 351 g/mol. The molecule has 0 saturated carbocycles. The van der Waals surface area contributed by atoms with E-state index in [0.29, 0.717) is 11.5 Å². The molecule has 0 aliphatic carbocycles. The van der Waals surface area contributed by atoms with Crippen molar-refractivity contribution in [3.8, 4) is 0 Å². The number of rotatable bonds is 7. The Morgan fingerprint density at radius 1 is 1.00 bits per heavy atom. The van der Waals surface area contributed by atoms with E-state index >= 15 is 0 Å². The van der Waals surface area contributed by atoms with E-state index in [-0.39, 0.29) is 5.60 Å². The number of hydrogen-bond donors (Lipinski definition) is 1. The molecule has 2 atom stereocenters. The van der Waals surface area contributed by atoms with E-state index in [2.05, 4.69) is 86.8 Å². The summed E-state index contributed by atoms with van der Waals surface area (Å²) in [6.45, 7) is 8.65. The molecule has 1 aliphatic heterocycles. The van der Waals surface area contributed by atoms with Gasteiger partial charge in [0.15, 0.2) is 0 Å². The predicted molar refractivity (Wildman–Crippen MR) is 109 cm³/mol. The first-order valence-corrected chi connectivity index (χ1v) is 9.94. The van der Waals surface area contributed by atoms with Gasteiger partial charge in [-0.15, -0.1) is 0 Å². The molecule has 0 spiro atoms. The number of nitrogens with one attached hydrogen (secondary N) is 1. The summed E-state index contributed by atoms with van der Waals surface area (Å²) in [5, 5.41) is 3.74. The van der Waals surface area contributed by atoms with E-state index in [1.165, 1.54) is 17.5 Å². The third-order valence-corrected chi connectivity index (χ3v) is 5.75. The van der Waals surface area contributed by atoms with Crippen molar-refractivity contribution >= 4 is 0 Å². The predicted octanol–water partition coefficient (Wildman–Crippen LogP) is 5.55. The van der Waals surface area contributed by atoms with Crippen molar-refractivity contribution in [2.75, 3.05) is 13.2 Å². The summed E-state index contributed by atoms with van der Waals surface area (Å²) in [7, 11) is 0. The van der Waals surface area contributed by atoms with Crippen molar-refractivity contribution in [3.05, 3.63) is 71.8 Å². The van der Waals surface area contributed by atoms with Crippen LogP contribution >= 0.6 is 0 Å². The third-order valence-electron chi connectivity index (χ3n) is 5.75. The van der Waals surface area contributed by atoms with Crippen molar-refractivity contribution in [1.82, 2.24) is 5.32 Å². The first-order valence-electron chi connectivity index (χ1n) is 9.94. The zero-order chi connectivity index (χ0) is 18.5. The zero-order valence-corrected chi connectivity index (χ0v) is 16.5. The molecule has 2 heteroatoms. The first kappa shape index (κ1) is 19.1. The minimum absolute atomic E-state index is 0.0297. The van der Waals surface area contributed by atoms with Crippen LogP contribution in [0, 0.1) is 5.41 Å². The summed E-state index contributed by atoms with van der Waals surface area (Å²) in [6.07, 6.45) is 4.59. The Morgan fingerprint density at radius 2 is 1.65 bits per heavy atom. The van der Waals surface area contributed by atoms with Crippen molar-refractivity contribution in [2.45, 2.75) is 58.1 Å². The molecular formula is C24H33NO. The average molecular weight is 352 g/mol. The molecule has 3 rings (SSSR count). The second kappa shape index (κ2) is 8.37. The molecule has 1 N–H and O–H groups in total. The Balaban J connectivity index is 1.66. The van der Waals surface area contributed by atoms with Crippen molar-refractivity contribution in [3.63, 3.8) is 0 Å². The maximum absolute atomic E-state index is 6.03. The van der Waals surface area contributed by atoms with E-state index in [9.17, 15) is 0 Å². The summed E-state index contributed by atoms with van der Waals surface area (Å²) in [4.78, 5) is 0. The van der Waals surface area contributed by atoms with Crippen LogP contribution in [0.25, 0.3) is 0 Å². The standard InChI is InChI=1S/C24H33NO/c1-20(22-12-8-5-9-13-22)25-16-14-24(15-17-26-23(2,3)19-24)18-21-10-6-4-7-11-21/h4-13,20,25H,14-19H2,1-3H3/t20-,24+/m1/s1. The van der Waals surface area contributed by atoms with Gasteiger partial charge in [-0.1, -0.05) is 60.7 Å². The molecule has 0 amide bonds. The fourth-order valence-electron chi connectivity index (χ4n) is 4.48. The SMILES string of the molecule is C[C@@H](NCC[C@@]1(Cc2ccccc2)CCOC(C)(C)C1)c1ccccc1. The van der Waals surface area contributed by atoms with Crippen molar-refractivity contribution < 1.29 is 4.74 Å². The van der Waals surface area contributed by atoms with Crippen LogP contribution < -0.4 is 5.32 Å². The van der Waals surface area contributed by atoms with Crippen LogP contribution in [0.15, 0.2) is 60.7 Å². The van der Waals surface area contributed by atoms with Gasteiger partial charge in [0.05, 0.1) is 5.60 Å². The smallest absolute Gasteiger partial charge is 0.0631 e. The molecule has 1 heterocycles. The molecule has 0 radical (unpaired) electrons.